The van der Waals surface area contributed by atoms with Crippen LogP contribution in [0.2, 0.25) is 5.02 Å². The SMILES string of the molecule is COc1ccc(Oc2cccc(-c3nc4c(cc3Cl)c(N3CCN(C(=O)O)CC3C)nc(=O)n4-c3c(C)ccnc3C(C)C)c2F)cc1. The van der Waals surface area contributed by atoms with Crippen LogP contribution < -0.4 is 20.1 Å². The Hall–Kier alpha value is -5.23. The highest BCUT2D eigenvalue weighted by Crippen LogP contribution is 2.38. The second kappa shape index (κ2) is 13.1. The van der Waals surface area contributed by atoms with Gasteiger partial charge in [-0.2, -0.15) is 4.98 Å². The number of hydrogen-bond donors (Lipinski definition) is 1. The zero-order valence-corrected chi connectivity index (χ0v) is 27.8. The fourth-order valence-corrected chi connectivity index (χ4v) is 6.24. The van der Waals surface area contributed by atoms with Crippen molar-refractivity contribution in [2.24, 2.45) is 0 Å². The van der Waals surface area contributed by atoms with Gasteiger partial charge in [0.2, 0.25) is 0 Å². The van der Waals surface area contributed by atoms with E-state index >= 15 is 4.39 Å². The van der Waals surface area contributed by atoms with Gasteiger partial charge in [-0.1, -0.05) is 31.5 Å². The largest absolute Gasteiger partial charge is 0.497 e. The molecule has 248 valence electrons. The smallest absolute Gasteiger partial charge is 0.407 e. The van der Waals surface area contributed by atoms with Gasteiger partial charge in [-0.15, -0.1) is 0 Å². The highest BCUT2D eigenvalue weighted by atomic mass is 35.5. The maximum absolute atomic E-state index is 16.2. The standard InChI is InChI=1S/C35H34ClFN6O5/c1-19(2)29-31(20(3)13-14-38-29)43-33-25(32(40-34(43)44)42-16-15-41(35(45)46)18-21(42)4)17-26(36)30(39-33)24-7-6-8-27(28(24)37)48-23-11-9-22(47-5)10-12-23/h6-14,17,19,21H,15-16,18H2,1-5H3,(H,45,46). The van der Waals surface area contributed by atoms with Gasteiger partial charge in [0, 0.05) is 37.4 Å². The Morgan fingerprint density at radius 2 is 1.81 bits per heavy atom. The first-order valence-corrected chi connectivity index (χ1v) is 15.8. The number of aromatic nitrogens is 4. The quantitative estimate of drug-likeness (QED) is 0.194. The van der Waals surface area contributed by atoms with Crippen LogP contribution >= 0.6 is 11.6 Å². The molecule has 11 nitrogen and oxygen atoms in total. The van der Waals surface area contributed by atoms with Gasteiger partial charge in [0.15, 0.2) is 17.2 Å². The third-order valence-electron chi connectivity index (χ3n) is 8.40. The van der Waals surface area contributed by atoms with E-state index in [2.05, 4.69) is 9.97 Å². The fourth-order valence-electron chi connectivity index (χ4n) is 5.99. The third kappa shape index (κ3) is 5.99. The number of piperazine rings is 1. The molecule has 0 bridgehead atoms. The number of rotatable bonds is 7. The van der Waals surface area contributed by atoms with E-state index in [1.165, 1.54) is 15.5 Å². The first kappa shape index (κ1) is 32.7. The van der Waals surface area contributed by atoms with E-state index in [0.29, 0.717) is 40.6 Å². The number of pyridine rings is 2. The number of ether oxygens (including phenoxy) is 2. The predicted octanol–water partition coefficient (Wildman–Crippen LogP) is 7.06. The Morgan fingerprint density at radius 3 is 2.48 bits per heavy atom. The first-order chi connectivity index (χ1) is 23.0. The van der Waals surface area contributed by atoms with Crippen molar-refractivity contribution in [2.75, 3.05) is 31.6 Å². The minimum atomic E-state index is -1.02. The van der Waals surface area contributed by atoms with Crippen molar-refractivity contribution in [3.8, 4) is 34.2 Å². The topological polar surface area (TPSA) is 123 Å². The lowest BCUT2D eigenvalue weighted by atomic mass is 10.0. The van der Waals surface area contributed by atoms with Crippen molar-refractivity contribution in [3.05, 3.63) is 93.4 Å². The predicted molar refractivity (Wildman–Crippen MR) is 182 cm³/mol. The number of fused-ring (bicyclic) bond motifs is 1. The molecule has 1 fully saturated rings. The molecule has 1 atom stereocenters. The molecule has 5 aromatic rings. The van der Waals surface area contributed by atoms with Crippen LogP contribution in [0.25, 0.3) is 28.0 Å². The second-order valence-corrected chi connectivity index (χ2v) is 12.3. The van der Waals surface area contributed by atoms with E-state index in [0.717, 1.165) is 5.56 Å². The van der Waals surface area contributed by atoms with E-state index in [1.807, 2.05) is 32.6 Å². The van der Waals surface area contributed by atoms with Crippen LogP contribution in [0.3, 0.4) is 0 Å². The molecular weight excluding hydrogens is 639 g/mol. The molecule has 0 radical (unpaired) electrons. The maximum Gasteiger partial charge on any atom is 0.407 e. The number of benzene rings is 2. The summed E-state index contributed by atoms with van der Waals surface area (Å²) in [6, 6.07) is 14.5. The monoisotopic (exact) mass is 672 g/mol. The molecule has 13 heteroatoms. The molecule has 0 aliphatic carbocycles. The summed E-state index contributed by atoms with van der Waals surface area (Å²) in [5, 5.41) is 10.1. The number of carboxylic acid groups (broad SMARTS) is 1. The van der Waals surface area contributed by atoms with E-state index in [9.17, 15) is 14.7 Å². The number of hydrogen-bond acceptors (Lipinski definition) is 8. The Labute approximate surface area is 281 Å². The van der Waals surface area contributed by atoms with Crippen LogP contribution in [0.4, 0.5) is 15.0 Å². The summed E-state index contributed by atoms with van der Waals surface area (Å²) in [6.45, 7) is 8.42. The van der Waals surface area contributed by atoms with E-state index < -0.39 is 17.6 Å². The molecule has 2 aromatic carbocycles. The van der Waals surface area contributed by atoms with Gasteiger partial charge >= 0.3 is 11.8 Å². The van der Waals surface area contributed by atoms with Crippen molar-refractivity contribution in [1.29, 1.82) is 0 Å². The number of halogens is 2. The fraction of sp³-hybridized carbons (Fsp3) is 0.286. The van der Waals surface area contributed by atoms with Crippen LogP contribution in [-0.2, 0) is 0 Å². The minimum absolute atomic E-state index is 0.0428. The zero-order chi connectivity index (χ0) is 34.3. The zero-order valence-electron chi connectivity index (χ0n) is 27.1. The van der Waals surface area contributed by atoms with Gasteiger partial charge in [-0.25, -0.2) is 23.5 Å². The number of carbonyl (C=O) groups is 1. The van der Waals surface area contributed by atoms with Crippen molar-refractivity contribution in [3.63, 3.8) is 0 Å². The average Bonchev–Trinajstić information content (AvgIpc) is 3.06. The van der Waals surface area contributed by atoms with E-state index in [-0.39, 0.29) is 52.7 Å². The summed E-state index contributed by atoms with van der Waals surface area (Å²) >= 11 is 6.90. The molecule has 0 saturated carbocycles. The molecule has 4 heterocycles. The molecule has 1 aliphatic rings. The Bertz CT molecular complexity index is 2090. The van der Waals surface area contributed by atoms with Crippen molar-refractivity contribution >= 4 is 34.5 Å². The first-order valence-electron chi connectivity index (χ1n) is 15.4. The Kier molecular flexibility index (Phi) is 8.93. The van der Waals surface area contributed by atoms with Crippen molar-refractivity contribution in [1.82, 2.24) is 24.4 Å². The highest BCUT2D eigenvalue weighted by Gasteiger charge is 2.31. The minimum Gasteiger partial charge on any atom is -0.497 e. The van der Waals surface area contributed by atoms with Crippen LogP contribution in [0.1, 0.15) is 37.9 Å². The molecule has 1 aliphatic heterocycles. The van der Waals surface area contributed by atoms with Crippen molar-refractivity contribution in [2.45, 2.75) is 39.7 Å². The third-order valence-corrected chi connectivity index (χ3v) is 8.69. The molecule has 3 aromatic heterocycles. The van der Waals surface area contributed by atoms with E-state index in [1.54, 1.807) is 61.8 Å². The summed E-state index contributed by atoms with van der Waals surface area (Å²) in [4.78, 5) is 43.0. The summed E-state index contributed by atoms with van der Waals surface area (Å²) in [6.07, 6.45) is 0.671. The maximum atomic E-state index is 16.2. The summed E-state index contributed by atoms with van der Waals surface area (Å²) in [7, 11) is 1.55. The number of amides is 1. The Morgan fingerprint density at radius 1 is 1.08 bits per heavy atom. The molecule has 48 heavy (non-hydrogen) atoms. The number of anilines is 1. The molecular formula is C35H34ClFN6O5. The van der Waals surface area contributed by atoms with Gasteiger partial charge in [0.25, 0.3) is 0 Å². The van der Waals surface area contributed by atoms with Crippen LogP contribution in [-0.4, -0.2) is 68.4 Å². The average molecular weight is 673 g/mol. The second-order valence-electron chi connectivity index (χ2n) is 11.9. The number of methoxy groups -OCH3 is 1. The lowest BCUT2D eigenvalue weighted by Crippen LogP contribution is -2.54. The van der Waals surface area contributed by atoms with Gasteiger partial charge in [0.05, 0.1) is 34.6 Å². The normalized spacial score (nSPS) is 14.9. The summed E-state index contributed by atoms with van der Waals surface area (Å²) < 4.78 is 28.7. The summed E-state index contributed by atoms with van der Waals surface area (Å²) in [5.74, 6) is 0.560. The van der Waals surface area contributed by atoms with Crippen molar-refractivity contribution < 1.29 is 23.8 Å². The lowest BCUT2D eigenvalue weighted by Gasteiger charge is -2.39. The molecule has 0 spiro atoms. The van der Waals surface area contributed by atoms with E-state index in [4.69, 9.17) is 26.1 Å². The van der Waals surface area contributed by atoms with Gasteiger partial charge < -0.3 is 24.4 Å². The van der Waals surface area contributed by atoms with Gasteiger partial charge in [0.1, 0.15) is 17.3 Å². The highest BCUT2D eigenvalue weighted by molar-refractivity contribution is 6.34. The number of nitrogens with zero attached hydrogens (tertiary/aromatic N) is 6. The van der Waals surface area contributed by atoms with Crippen LogP contribution in [0, 0.1) is 12.7 Å². The molecule has 1 N–H and O–H groups in total. The van der Waals surface area contributed by atoms with Crippen LogP contribution in [0.15, 0.2) is 65.6 Å². The van der Waals surface area contributed by atoms with Gasteiger partial charge in [-0.3, -0.25) is 4.98 Å². The van der Waals surface area contributed by atoms with Crippen LogP contribution in [0.5, 0.6) is 17.2 Å². The molecule has 6 rings (SSSR count). The summed E-state index contributed by atoms with van der Waals surface area (Å²) in [5.41, 5.74) is 1.73. The van der Waals surface area contributed by atoms with Gasteiger partial charge in [-0.05, 0) is 73.9 Å². The molecule has 1 unspecified atom stereocenters. The Balaban J connectivity index is 1.57. The molecule has 1 amide bonds. The number of aryl methyl sites for hydroxylation is 1. The molecule has 1 saturated heterocycles. The lowest BCUT2D eigenvalue weighted by molar-refractivity contribution is 0.136.